The number of nitrogens with one attached hydrogen (secondary N) is 1. The topological polar surface area (TPSA) is 61.1 Å². The van der Waals surface area contributed by atoms with E-state index in [1.807, 2.05) is 19.4 Å². The van der Waals surface area contributed by atoms with E-state index in [-0.39, 0.29) is 0 Å². The molecule has 3 N–H and O–H groups in total. The molecule has 3 atom stereocenters. The molecule has 2 rings (SSSR count). The van der Waals surface area contributed by atoms with Crippen LogP contribution in [0.2, 0.25) is 0 Å². The van der Waals surface area contributed by atoms with E-state index in [0.29, 0.717) is 24.4 Å². The van der Waals surface area contributed by atoms with Crippen molar-refractivity contribution in [2.75, 3.05) is 12.3 Å². The number of benzene rings is 2. The van der Waals surface area contributed by atoms with Gasteiger partial charge in [0, 0.05) is 24.7 Å². The standard InChI is InChI=1S/C23H31F2N2OS/c1-3-5-11-29(28)23(19-13-20(24)15-21(25)14-19)22(26)9-10-27-16-18-8-6-7-17(4-2)12-18/h6-9,12-15,22-23,27H,3-5,10-11,16,26H2,1-2H3/t22-,23?,29?/m0/s1. The molecule has 0 amide bonds. The zero-order chi connectivity index (χ0) is 21.2. The highest BCUT2D eigenvalue weighted by Crippen LogP contribution is 2.29. The molecule has 0 bridgehead atoms. The van der Waals surface area contributed by atoms with Crippen molar-refractivity contribution in [3.8, 4) is 0 Å². The number of hydrogen-bond acceptors (Lipinski definition) is 3. The van der Waals surface area contributed by atoms with Crippen molar-refractivity contribution in [2.45, 2.75) is 50.9 Å². The maximum absolute atomic E-state index is 13.7. The third-order valence-corrected chi connectivity index (χ3v) is 6.65. The molecule has 159 valence electrons. The van der Waals surface area contributed by atoms with Gasteiger partial charge < -0.3 is 15.6 Å². The molecule has 0 heterocycles. The van der Waals surface area contributed by atoms with Crippen molar-refractivity contribution in [1.82, 2.24) is 5.32 Å². The molecule has 6 heteroatoms. The average Bonchev–Trinajstić information content (AvgIpc) is 2.69. The van der Waals surface area contributed by atoms with Crippen molar-refractivity contribution >= 4 is 11.2 Å². The van der Waals surface area contributed by atoms with Crippen LogP contribution in [0, 0.1) is 18.1 Å². The maximum Gasteiger partial charge on any atom is 0.156 e. The van der Waals surface area contributed by atoms with Gasteiger partial charge in [-0.25, -0.2) is 8.78 Å². The minimum atomic E-state index is -1.32. The lowest BCUT2D eigenvalue weighted by Crippen LogP contribution is -2.38. The summed E-state index contributed by atoms with van der Waals surface area (Å²) in [4.78, 5) is 0. The molecule has 0 saturated carbocycles. The van der Waals surface area contributed by atoms with Crippen LogP contribution < -0.4 is 11.1 Å². The first-order chi connectivity index (χ1) is 13.9. The minimum Gasteiger partial charge on any atom is -0.616 e. The number of nitrogens with two attached hydrogens (primary N) is 1. The predicted molar refractivity (Wildman–Crippen MR) is 117 cm³/mol. The van der Waals surface area contributed by atoms with E-state index < -0.39 is 34.1 Å². The van der Waals surface area contributed by atoms with Gasteiger partial charge in [0.25, 0.3) is 0 Å². The van der Waals surface area contributed by atoms with Crippen molar-refractivity contribution in [3.63, 3.8) is 0 Å². The van der Waals surface area contributed by atoms with Crippen molar-refractivity contribution in [3.05, 3.63) is 77.2 Å². The summed E-state index contributed by atoms with van der Waals surface area (Å²) in [6.07, 6.45) is 4.49. The number of aryl methyl sites for hydroxylation is 1. The Morgan fingerprint density at radius 2 is 1.79 bits per heavy atom. The fourth-order valence-corrected chi connectivity index (χ4v) is 4.95. The number of halogens is 2. The van der Waals surface area contributed by atoms with Gasteiger partial charge in [0.2, 0.25) is 0 Å². The normalized spacial score (nSPS) is 14.6. The average molecular weight is 422 g/mol. The third-order valence-electron chi connectivity index (χ3n) is 4.81. The van der Waals surface area contributed by atoms with Gasteiger partial charge >= 0.3 is 0 Å². The summed E-state index contributed by atoms with van der Waals surface area (Å²) < 4.78 is 40.3. The van der Waals surface area contributed by atoms with E-state index in [9.17, 15) is 13.3 Å². The summed E-state index contributed by atoms with van der Waals surface area (Å²) in [7, 11) is 0. The molecule has 2 aromatic carbocycles. The fourth-order valence-electron chi connectivity index (χ4n) is 3.22. The van der Waals surface area contributed by atoms with Gasteiger partial charge in [-0.05, 0) is 53.7 Å². The molecular formula is C23H31F2N2OS. The van der Waals surface area contributed by atoms with Crippen LogP contribution in [-0.4, -0.2) is 22.9 Å². The maximum atomic E-state index is 13.7. The fraction of sp³-hybridized carbons (Fsp3) is 0.435. The van der Waals surface area contributed by atoms with E-state index in [0.717, 1.165) is 25.3 Å². The summed E-state index contributed by atoms with van der Waals surface area (Å²) >= 11 is -1.32. The van der Waals surface area contributed by atoms with Gasteiger partial charge in [-0.2, -0.15) is 0 Å². The van der Waals surface area contributed by atoms with E-state index in [1.54, 1.807) is 0 Å². The molecule has 0 aliphatic heterocycles. The quantitative estimate of drug-likeness (QED) is 0.393. The summed E-state index contributed by atoms with van der Waals surface area (Å²) in [5.41, 5.74) is 9.12. The molecule has 0 saturated heterocycles. The van der Waals surface area contributed by atoms with Crippen LogP contribution in [0.25, 0.3) is 0 Å². The second-order valence-corrected chi connectivity index (χ2v) is 8.86. The van der Waals surface area contributed by atoms with Crippen LogP contribution in [0.1, 0.15) is 48.6 Å². The highest BCUT2D eigenvalue weighted by molar-refractivity contribution is 7.91. The Morgan fingerprint density at radius 1 is 1.10 bits per heavy atom. The van der Waals surface area contributed by atoms with Crippen molar-refractivity contribution < 1.29 is 13.3 Å². The van der Waals surface area contributed by atoms with Crippen LogP contribution in [0.3, 0.4) is 0 Å². The molecule has 3 nitrogen and oxygen atoms in total. The van der Waals surface area contributed by atoms with Crippen LogP contribution in [0.5, 0.6) is 0 Å². The second kappa shape index (κ2) is 12.3. The van der Waals surface area contributed by atoms with Crippen LogP contribution in [-0.2, 0) is 24.1 Å². The molecule has 1 radical (unpaired) electrons. The monoisotopic (exact) mass is 421 g/mol. The third kappa shape index (κ3) is 7.70. The first-order valence-electron chi connectivity index (χ1n) is 10.1. The van der Waals surface area contributed by atoms with Crippen LogP contribution in [0.4, 0.5) is 8.78 Å². The number of hydrogen-bond donors (Lipinski definition) is 2. The summed E-state index contributed by atoms with van der Waals surface area (Å²) in [5, 5.41) is 2.67. The highest BCUT2D eigenvalue weighted by Gasteiger charge is 2.31. The van der Waals surface area contributed by atoms with Gasteiger partial charge in [-0.15, -0.1) is 0 Å². The smallest absolute Gasteiger partial charge is 0.156 e. The van der Waals surface area contributed by atoms with E-state index >= 15 is 0 Å². The number of rotatable bonds is 12. The molecular weight excluding hydrogens is 390 g/mol. The molecule has 0 fully saturated rings. The summed E-state index contributed by atoms with van der Waals surface area (Å²) in [6.45, 7) is 5.33. The Hall–Kier alpha value is -1.47. The van der Waals surface area contributed by atoms with Crippen molar-refractivity contribution in [2.24, 2.45) is 5.73 Å². The Kier molecular flexibility index (Phi) is 10.1. The zero-order valence-corrected chi connectivity index (χ0v) is 18.0. The first-order valence-corrected chi connectivity index (χ1v) is 11.5. The molecule has 2 aromatic rings. The van der Waals surface area contributed by atoms with E-state index in [4.69, 9.17) is 5.73 Å². The minimum absolute atomic E-state index is 0.344. The summed E-state index contributed by atoms with van der Waals surface area (Å²) in [6, 6.07) is 11.1. The van der Waals surface area contributed by atoms with Crippen LogP contribution in [0.15, 0.2) is 42.5 Å². The van der Waals surface area contributed by atoms with Gasteiger partial charge in [0.05, 0.1) is 6.04 Å². The molecule has 2 unspecified atom stereocenters. The van der Waals surface area contributed by atoms with Crippen molar-refractivity contribution in [1.29, 1.82) is 0 Å². The van der Waals surface area contributed by atoms with Gasteiger partial charge in [0.15, 0.2) is 5.25 Å². The SMILES string of the molecule is CCCC[S+]([O-])C(c1cc(F)cc(F)c1)[C@@H](N)[CH]CNCc1cccc(CC)c1. The van der Waals surface area contributed by atoms with Crippen LogP contribution >= 0.6 is 0 Å². The largest absolute Gasteiger partial charge is 0.616 e. The molecule has 0 spiro atoms. The predicted octanol–water partition coefficient (Wildman–Crippen LogP) is 4.44. The Bertz CT molecular complexity index is 739. The Balaban J connectivity index is 1.99. The van der Waals surface area contributed by atoms with E-state index in [1.165, 1.54) is 23.3 Å². The lowest BCUT2D eigenvalue weighted by Gasteiger charge is -2.27. The Labute approximate surface area is 176 Å². The van der Waals surface area contributed by atoms with Gasteiger partial charge in [-0.3, -0.25) is 0 Å². The summed E-state index contributed by atoms with van der Waals surface area (Å²) in [5.74, 6) is -0.907. The lowest BCUT2D eigenvalue weighted by molar-refractivity contribution is 0.550. The van der Waals surface area contributed by atoms with Gasteiger partial charge in [-0.1, -0.05) is 44.5 Å². The van der Waals surface area contributed by atoms with Gasteiger partial charge in [0.1, 0.15) is 17.4 Å². The Morgan fingerprint density at radius 3 is 2.45 bits per heavy atom. The zero-order valence-electron chi connectivity index (χ0n) is 17.2. The lowest BCUT2D eigenvalue weighted by atomic mass is 10.0. The molecule has 0 aromatic heterocycles. The second-order valence-electron chi connectivity index (χ2n) is 7.18. The highest BCUT2D eigenvalue weighted by atomic mass is 32.2. The first kappa shape index (κ1) is 23.8. The van der Waals surface area contributed by atoms with E-state index in [2.05, 4.69) is 30.4 Å². The molecule has 29 heavy (non-hydrogen) atoms. The molecule has 0 aliphatic rings. The molecule has 0 aliphatic carbocycles. The number of unbranched alkanes of at least 4 members (excludes halogenated alkanes) is 1.